The van der Waals surface area contributed by atoms with Crippen LogP contribution in [0.2, 0.25) is 0 Å². The Morgan fingerprint density at radius 2 is 1.90 bits per heavy atom. The Bertz CT molecular complexity index is 799. The molecule has 1 aromatic heterocycles. The molecule has 2 unspecified atom stereocenters. The maximum Gasteiger partial charge on any atom is 0.408 e. The molecule has 0 radical (unpaired) electrons. The second-order valence-corrected chi connectivity index (χ2v) is 6.85. The summed E-state index contributed by atoms with van der Waals surface area (Å²) in [4.78, 5) is 28.0. The van der Waals surface area contributed by atoms with Crippen LogP contribution in [-0.2, 0) is 32.0 Å². The van der Waals surface area contributed by atoms with E-state index in [2.05, 4.69) is 10.3 Å². The number of amides is 1. The van der Waals surface area contributed by atoms with Crippen molar-refractivity contribution in [3.05, 3.63) is 59.9 Å². The van der Waals surface area contributed by atoms with Gasteiger partial charge in [-0.05, 0) is 30.0 Å². The number of carboxylic acids is 1. The van der Waals surface area contributed by atoms with E-state index in [0.717, 1.165) is 5.56 Å². The van der Waals surface area contributed by atoms with Crippen molar-refractivity contribution in [3.8, 4) is 5.75 Å². The van der Waals surface area contributed by atoms with Crippen LogP contribution in [-0.4, -0.2) is 55.3 Å². The van der Waals surface area contributed by atoms with E-state index < -0.39 is 24.0 Å². The van der Waals surface area contributed by atoms with E-state index in [1.165, 1.54) is 0 Å². The standard InChI is InChI=1S/C22H28N2O7/c1-16(12-18-8-9-19(13-23-18)31-15-29-11-10-28-2)20(21(25)26)24-22(27)30-14-17-6-4-3-5-7-17/h3-9,13,16,20H,10-12,14-15H2,1-2H3,(H,24,27)(H,25,26). The molecule has 0 spiro atoms. The Balaban J connectivity index is 1.82. The monoisotopic (exact) mass is 432 g/mol. The normalized spacial score (nSPS) is 12.6. The lowest BCUT2D eigenvalue weighted by Crippen LogP contribution is -2.46. The minimum Gasteiger partial charge on any atom is -0.480 e. The number of hydrogen-bond donors (Lipinski definition) is 2. The van der Waals surface area contributed by atoms with Gasteiger partial charge in [-0.3, -0.25) is 4.98 Å². The van der Waals surface area contributed by atoms with Gasteiger partial charge in [-0.1, -0.05) is 37.3 Å². The molecule has 0 bridgehead atoms. The van der Waals surface area contributed by atoms with Crippen molar-refractivity contribution < 1.29 is 33.6 Å². The molecule has 9 heteroatoms. The van der Waals surface area contributed by atoms with Gasteiger partial charge in [0, 0.05) is 12.8 Å². The van der Waals surface area contributed by atoms with Crippen molar-refractivity contribution in [2.45, 2.75) is 26.0 Å². The lowest BCUT2D eigenvalue weighted by atomic mass is 9.96. The van der Waals surface area contributed by atoms with E-state index in [1.54, 1.807) is 32.4 Å². The molecule has 0 fully saturated rings. The summed E-state index contributed by atoms with van der Waals surface area (Å²) < 4.78 is 20.6. The molecule has 2 N–H and O–H groups in total. The molecule has 0 saturated heterocycles. The zero-order valence-corrected chi connectivity index (χ0v) is 17.7. The first-order valence-electron chi connectivity index (χ1n) is 9.84. The molecule has 1 heterocycles. The molecule has 0 aliphatic carbocycles. The fourth-order valence-corrected chi connectivity index (χ4v) is 2.71. The van der Waals surface area contributed by atoms with Gasteiger partial charge in [0.2, 0.25) is 0 Å². The molecular formula is C22H28N2O7. The van der Waals surface area contributed by atoms with Crippen LogP contribution in [0.4, 0.5) is 4.79 Å². The highest BCUT2D eigenvalue weighted by atomic mass is 16.7. The Hall–Kier alpha value is -3.17. The van der Waals surface area contributed by atoms with Crippen molar-refractivity contribution >= 4 is 12.1 Å². The van der Waals surface area contributed by atoms with Crippen LogP contribution in [0.5, 0.6) is 5.75 Å². The summed E-state index contributed by atoms with van der Waals surface area (Å²) in [6, 6.07) is 11.5. The van der Waals surface area contributed by atoms with Gasteiger partial charge in [-0.2, -0.15) is 0 Å². The highest BCUT2D eigenvalue weighted by Crippen LogP contribution is 2.15. The number of carboxylic acid groups (broad SMARTS) is 1. The van der Waals surface area contributed by atoms with Crippen molar-refractivity contribution in [1.82, 2.24) is 10.3 Å². The molecular weight excluding hydrogens is 404 g/mol. The van der Waals surface area contributed by atoms with E-state index in [-0.39, 0.29) is 13.4 Å². The van der Waals surface area contributed by atoms with Crippen LogP contribution in [0.1, 0.15) is 18.2 Å². The van der Waals surface area contributed by atoms with E-state index >= 15 is 0 Å². The molecule has 9 nitrogen and oxygen atoms in total. The SMILES string of the molecule is COCCOCOc1ccc(CC(C)C(NC(=O)OCc2ccccc2)C(=O)O)nc1. The van der Waals surface area contributed by atoms with E-state index in [9.17, 15) is 14.7 Å². The predicted molar refractivity (Wildman–Crippen MR) is 112 cm³/mol. The van der Waals surface area contributed by atoms with E-state index in [1.807, 2.05) is 30.3 Å². The molecule has 2 aromatic rings. The first kappa shape index (κ1) is 24.1. The average Bonchev–Trinajstić information content (AvgIpc) is 2.77. The molecule has 2 atom stereocenters. The van der Waals surface area contributed by atoms with Crippen LogP contribution in [0, 0.1) is 5.92 Å². The largest absolute Gasteiger partial charge is 0.480 e. The third-order valence-corrected chi connectivity index (χ3v) is 4.39. The number of rotatable bonds is 13. The quantitative estimate of drug-likeness (QED) is 0.367. The van der Waals surface area contributed by atoms with E-state index in [4.69, 9.17) is 18.9 Å². The number of carbonyl (C=O) groups excluding carboxylic acids is 1. The molecule has 1 amide bonds. The first-order valence-corrected chi connectivity index (χ1v) is 9.84. The lowest BCUT2D eigenvalue weighted by Gasteiger charge is -2.21. The zero-order chi connectivity index (χ0) is 22.5. The minimum atomic E-state index is -1.14. The van der Waals surface area contributed by atoms with Gasteiger partial charge < -0.3 is 29.4 Å². The molecule has 1 aromatic carbocycles. The Morgan fingerprint density at radius 1 is 1.13 bits per heavy atom. The third kappa shape index (κ3) is 9.02. The van der Waals surface area contributed by atoms with Crippen LogP contribution in [0.3, 0.4) is 0 Å². The van der Waals surface area contributed by atoms with Gasteiger partial charge in [-0.15, -0.1) is 0 Å². The Labute approximate surface area is 181 Å². The molecule has 0 saturated carbocycles. The zero-order valence-electron chi connectivity index (χ0n) is 17.7. The maximum absolute atomic E-state index is 12.1. The van der Waals surface area contributed by atoms with Crippen molar-refractivity contribution in [2.24, 2.45) is 5.92 Å². The molecule has 0 aliphatic rings. The topological polar surface area (TPSA) is 116 Å². The number of alkyl carbamates (subject to hydrolysis) is 1. The Morgan fingerprint density at radius 3 is 2.55 bits per heavy atom. The average molecular weight is 432 g/mol. The number of pyridine rings is 1. The second-order valence-electron chi connectivity index (χ2n) is 6.85. The number of benzene rings is 1. The molecule has 31 heavy (non-hydrogen) atoms. The summed E-state index contributed by atoms with van der Waals surface area (Å²) >= 11 is 0. The highest BCUT2D eigenvalue weighted by Gasteiger charge is 2.27. The summed E-state index contributed by atoms with van der Waals surface area (Å²) in [5, 5.41) is 11.9. The highest BCUT2D eigenvalue weighted by molar-refractivity contribution is 5.80. The fraction of sp³-hybridized carbons (Fsp3) is 0.409. The fourth-order valence-electron chi connectivity index (χ4n) is 2.71. The smallest absolute Gasteiger partial charge is 0.408 e. The minimum absolute atomic E-state index is 0.0611. The first-order chi connectivity index (χ1) is 15.0. The lowest BCUT2D eigenvalue weighted by molar-refractivity contribution is -0.140. The number of methoxy groups -OCH3 is 1. The van der Waals surface area contributed by atoms with Crippen molar-refractivity contribution in [3.63, 3.8) is 0 Å². The van der Waals surface area contributed by atoms with Crippen LogP contribution < -0.4 is 10.1 Å². The summed E-state index contributed by atoms with van der Waals surface area (Å²) in [6.07, 6.45) is 1.10. The maximum atomic E-state index is 12.1. The van der Waals surface area contributed by atoms with Crippen LogP contribution in [0.25, 0.3) is 0 Å². The van der Waals surface area contributed by atoms with Gasteiger partial charge in [-0.25, -0.2) is 9.59 Å². The number of hydrogen-bond acceptors (Lipinski definition) is 7. The predicted octanol–water partition coefficient (Wildman–Crippen LogP) is 2.64. The second kappa shape index (κ2) is 13.2. The molecule has 0 aliphatic heterocycles. The number of aromatic nitrogens is 1. The summed E-state index contributed by atoms with van der Waals surface area (Å²) in [7, 11) is 1.59. The number of nitrogens with zero attached hydrogens (tertiary/aromatic N) is 1. The van der Waals surface area contributed by atoms with Gasteiger partial charge >= 0.3 is 12.1 Å². The number of nitrogens with one attached hydrogen (secondary N) is 1. The number of carbonyl (C=O) groups is 2. The molecule has 168 valence electrons. The van der Waals surface area contributed by atoms with Gasteiger partial charge in [0.15, 0.2) is 6.79 Å². The van der Waals surface area contributed by atoms with Crippen molar-refractivity contribution in [2.75, 3.05) is 27.1 Å². The summed E-state index contributed by atoms with van der Waals surface area (Å²) in [6.45, 7) is 2.78. The molecule has 2 rings (SSSR count). The van der Waals surface area contributed by atoms with Crippen LogP contribution >= 0.6 is 0 Å². The van der Waals surface area contributed by atoms with Gasteiger partial charge in [0.25, 0.3) is 0 Å². The van der Waals surface area contributed by atoms with Crippen LogP contribution in [0.15, 0.2) is 48.7 Å². The van der Waals surface area contributed by atoms with Gasteiger partial charge in [0.1, 0.15) is 18.4 Å². The van der Waals surface area contributed by atoms with E-state index in [0.29, 0.717) is 31.1 Å². The van der Waals surface area contributed by atoms with Crippen molar-refractivity contribution in [1.29, 1.82) is 0 Å². The number of aliphatic carboxylic acids is 1. The summed E-state index contributed by atoms with van der Waals surface area (Å²) in [5.41, 5.74) is 1.49. The summed E-state index contributed by atoms with van der Waals surface area (Å²) in [5.74, 6) is -1.03. The van der Waals surface area contributed by atoms with Gasteiger partial charge in [0.05, 0.1) is 19.4 Å². The number of ether oxygens (including phenoxy) is 4. The Kier molecular flexibility index (Phi) is 10.3. The third-order valence-electron chi connectivity index (χ3n) is 4.39.